The van der Waals surface area contributed by atoms with Crippen LogP contribution in [0.3, 0.4) is 0 Å². The molecule has 0 aliphatic carbocycles. The normalized spacial score (nSPS) is 10.6. The van der Waals surface area contributed by atoms with Crippen molar-refractivity contribution < 1.29 is 19.1 Å². The third-order valence-corrected chi connectivity index (χ3v) is 3.77. The van der Waals surface area contributed by atoms with Crippen molar-refractivity contribution >= 4 is 23.9 Å². The molecule has 0 aliphatic rings. The van der Waals surface area contributed by atoms with Crippen LogP contribution >= 0.6 is 0 Å². The zero-order valence-electron chi connectivity index (χ0n) is 15.4. The minimum atomic E-state index is -0.732. The Labute approximate surface area is 166 Å². The molecule has 0 unspecified atom stereocenters. The second-order valence-electron chi connectivity index (χ2n) is 6.01. The number of esters is 1. The van der Waals surface area contributed by atoms with E-state index < -0.39 is 24.4 Å². The Morgan fingerprint density at radius 2 is 1.69 bits per heavy atom. The zero-order chi connectivity index (χ0) is 20.5. The highest BCUT2D eigenvalue weighted by Crippen LogP contribution is 2.03. The highest BCUT2D eigenvalue weighted by molar-refractivity contribution is 6.05. The molecule has 3 aromatic rings. The summed E-state index contributed by atoms with van der Waals surface area (Å²) >= 11 is 0. The van der Waals surface area contributed by atoms with Gasteiger partial charge in [0.25, 0.3) is 11.8 Å². The lowest BCUT2D eigenvalue weighted by atomic mass is 10.2. The number of nitrogens with one attached hydrogen (secondary N) is 1. The van der Waals surface area contributed by atoms with Crippen LogP contribution in [0.15, 0.2) is 72.9 Å². The van der Waals surface area contributed by atoms with E-state index in [1.807, 2.05) is 30.3 Å². The van der Waals surface area contributed by atoms with Crippen LogP contribution in [0.2, 0.25) is 0 Å². The van der Waals surface area contributed by atoms with Crippen LogP contribution in [0.25, 0.3) is 6.08 Å². The predicted octanol–water partition coefficient (Wildman–Crippen LogP) is 1.84. The highest BCUT2D eigenvalue weighted by atomic mass is 16.5. The van der Waals surface area contributed by atoms with E-state index in [0.29, 0.717) is 17.8 Å². The van der Waals surface area contributed by atoms with Crippen molar-refractivity contribution in [3.8, 4) is 0 Å². The number of amides is 2. The van der Waals surface area contributed by atoms with Gasteiger partial charge in [0.1, 0.15) is 5.69 Å². The van der Waals surface area contributed by atoms with Gasteiger partial charge in [-0.25, -0.2) is 9.48 Å². The van der Waals surface area contributed by atoms with Gasteiger partial charge >= 0.3 is 5.97 Å². The van der Waals surface area contributed by atoms with Gasteiger partial charge in [0.15, 0.2) is 6.61 Å². The van der Waals surface area contributed by atoms with Crippen LogP contribution in [-0.2, 0) is 20.9 Å². The number of benzene rings is 2. The van der Waals surface area contributed by atoms with Crippen LogP contribution in [0.1, 0.15) is 21.6 Å². The van der Waals surface area contributed by atoms with E-state index in [9.17, 15) is 14.4 Å². The van der Waals surface area contributed by atoms with Crippen LogP contribution in [0.5, 0.6) is 0 Å². The molecule has 8 heteroatoms. The monoisotopic (exact) mass is 390 g/mol. The lowest BCUT2D eigenvalue weighted by Gasteiger charge is -2.04. The molecule has 8 nitrogen and oxygen atoms in total. The Hall–Kier alpha value is -4.07. The molecule has 2 aromatic carbocycles. The Morgan fingerprint density at radius 1 is 1.00 bits per heavy atom. The Balaban J connectivity index is 1.44. The summed E-state index contributed by atoms with van der Waals surface area (Å²) in [5, 5.41) is 10.1. The van der Waals surface area contributed by atoms with Crippen molar-refractivity contribution in [1.82, 2.24) is 20.3 Å². The molecule has 0 spiro atoms. The number of carbonyl (C=O) groups excluding carboxylic acids is 3. The minimum Gasteiger partial charge on any atom is -0.452 e. The standard InChI is InChI=1S/C21H18N4O4/c26-19(22-21(28)17-9-5-2-6-10-17)15-29-20(27)12-11-18-14-25(24-23-18)13-16-7-3-1-4-8-16/h1-12,14H,13,15H2,(H,22,26,28)/b12-11+. The maximum atomic E-state index is 11.8. The van der Waals surface area contributed by atoms with Gasteiger partial charge < -0.3 is 4.74 Å². The molecule has 0 saturated carbocycles. The molecule has 0 radical (unpaired) electrons. The van der Waals surface area contributed by atoms with Crippen molar-refractivity contribution in [1.29, 1.82) is 0 Å². The fourth-order valence-corrected chi connectivity index (χ4v) is 2.40. The van der Waals surface area contributed by atoms with E-state index in [4.69, 9.17) is 4.74 Å². The molecule has 0 fully saturated rings. The van der Waals surface area contributed by atoms with E-state index >= 15 is 0 Å². The van der Waals surface area contributed by atoms with Crippen molar-refractivity contribution in [2.24, 2.45) is 0 Å². The first-order chi connectivity index (χ1) is 14.1. The molecule has 146 valence electrons. The lowest BCUT2D eigenvalue weighted by Crippen LogP contribution is -2.33. The first-order valence-electron chi connectivity index (χ1n) is 8.78. The number of nitrogens with zero attached hydrogens (tertiary/aromatic N) is 3. The van der Waals surface area contributed by atoms with Gasteiger partial charge in [-0.15, -0.1) is 5.10 Å². The molecule has 0 saturated heterocycles. The summed E-state index contributed by atoms with van der Waals surface area (Å²) in [7, 11) is 0. The topological polar surface area (TPSA) is 103 Å². The van der Waals surface area contributed by atoms with Crippen LogP contribution in [0.4, 0.5) is 0 Å². The van der Waals surface area contributed by atoms with Crippen LogP contribution in [-0.4, -0.2) is 39.4 Å². The Kier molecular flexibility index (Phi) is 6.62. The number of carbonyl (C=O) groups is 3. The first-order valence-corrected chi connectivity index (χ1v) is 8.78. The van der Waals surface area contributed by atoms with E-state index in [1.54, 1.807) is 41.2 Å². The molecule has 0 aliphatic heterocycles. The van der Waals surface area contributed by atoms with Crippen molar-refractivity contribution in [3.05, 3.63) is 89.8 Å². The predicted molar refractivity (Wildman–Crippen MR) is 104 cm³/mol. The number of imide groups is 1. The first kappa shape index (κ1) is 19.7. The van der Waals surface area contributed by atoms with E-state index in [2.05, 4.69) is 15.6 Å². The summed E-state index contributed by atoms with van der Waals surface area (Å²) in [6, 6.07) is 18.0. The molecule has 1 heterocycles. The van der Waals surface area contributed by atoms with Gasteiger partial charge in [0, 0.05) is 11.6 Å². The zero-order valence-corrected chi connectivity index (χ0v) is 15.4. The average molecular weight is 390 g/mol. The number of aromatic nitrogens is 3. The number of hydrogen-bond donors (Lipinski definition) is 1. The van der Waals surface area contributed by atoms with Crippen LogP contribution in [0, 0.1) is 0 Å². The quantitative estimate of drug-likeness (QED) is 0.488. The third-order valence-electron chi connectivity index (χ3n) is 3.77. The molecular formula is C21H18N4O4. The van der Waals surface area contributed by atoms with Gasteiger partial charge in [-0.2, -0.15) is 0 Å². The Bertz CT molecular complexity index is 1010. The second-order valence-corrected chi connectivity index (χ2v) is 6.01. The lowest BCUT2D eigenvalue weighted by molar-refractivity contribution is -0.143. The van der Waals surface area contributed by atoms with Gasteiger partial charge in [-0.05, 0) is 23.8 Å². The summed E-state index contributed by atoms with van der Waals surface area (Å²) in [5.74, 6) is -2.00. The molecular weight excluding hydrogens is 372 g/mol. The SMILES string of the molecule is O=C(COC(=O)/C=C/c1cn(Cc2ccccc2)nn1)NC(=O)c1ccccc1. The van der Waals surface area contributed by atoms with Crippen LogP contribution < -0.4 is 5.32 Å². The maximum Gasteiger partial charge on any atom is 0.331 e. The van der Waals surface area contributed by atoms with E-state index in [-0.39, 0.29) is 0 Å². The highest BCUT2D eigenvalue weighted by Gasteiger charge is 2.11. The largest absolute Gasteiger partial charge is 0.452 e. The summed E-state index contributed by atoms with van der Waals surface area (Å²) in [6.07, 6.45) is 4.26. The Morgan fingerprint density at radius 3 is 2.41 bits per heavy atom. The fourth-order valence-electron chi connectivity index (χ4n) is 2.40. The molecule has 3 rings (SSSR count). The third kappa shape index (κ3) is 6.24. The van der Waals surface area contributed by atoms with Gasteiger partial charge in [0.2, 0.25) is 0 Å². The van der Waals surface area contributed by atoms with Crippen molar-refractivity contribution in [2.45, 2.75) is 6.54 Å². The van der Waals surface area contributed by atoms with Crippen molar-refractivity contribution in [3.63, 3.8) is 0 Å². The van der Waals surface area contributed by atoms with Crippen molar-refractivity contribution in [2.75, 3.05) is 6.61 Å². The van der Waals surface area contributed by atoms with Gasteiger partial charge in [-0.3, -0.25) is 14.9 Å². The number of hydrogen-bond acceptors (Lipinski definition) is 6. The molecule has 1 N–H and O–H groups in total. The molecule has 2 amide bonds. The maximum absolute atomic E-state index is 11.8. The number of ether oxygens (including phenoxy) is 1. The summed E-state index contributed by atoms with van der Waals surface area (Å²) in [4.78, 5) is 35.3. The van der Waals surface area contributed by atoms with E-state index in [0.717, 1.165) is 11.6 Å². The fraction of sp³-hybridized carbons (Fsp3) is 0.0952. The summed E-state index contributed by atoms with van der Waals surface area (Å²) in [6.45, 7) is -0.00974. The molecule has 0 atom stereocenters. The van der Waals surface area contributed by atoms with Gasteiger partial charge in [-0.1, -0.05) is 53.7 Å². The average Bonchev–Trinajstić information content (AvgIpc) is 3.19. The molecule has 0 bridgehead atoms. The summed E-state index contributed by atoms with van der Waals surface area (Å²) < 4.78 is 6.46. The smallest absolute Gasteiger partial charge is 0.331 e. The molecule has 29 heavy (non-hydrogen) atoms. The number of rotatable bonds is 7. The van der Waals surface area contributed by atoms with Gasteiger partial charge in [0.05, 0.1) is 12.7 Å². The molecule has 1 aromatic heterocycles. The van der Waals surface area contributed by atoms with E-state index in [1.165, 1.54) is 6.08 Å². The summed E-state index contributed by atoms with van der Waals surface area (Å²) in [5.41, 5.74) is 1.88. The second kappa shape index (κ2) is 9.75. The minimum absolute atomic E-state index is 0.339.